The molecule has 0 spiro atoms. The van der Waals surface area contributed by atoms with Crippen LogP contribution in [0.25, 0.3) is 0 Å². The van der Waals surface area contributed by atoms with Gasteiger partial charge in [-0.3, -0.25) is 0 Å². The number of hydrogen-bond acceptors (Lipinski definition) is 2. The molecule has 1 unspecified atom stereocenters. The van der Waals surface area contributed by atoms with Crippen LogP contribution in [-0.4, -0.2) is 16.3 Å². The molecule has 0 fully saturated rings. The third-order valence-corrected chi connectivity index (χ3v) is 2.79. The molecule has 3 nitrogen and oxygen atoms in total. The Labute approximate surface area is 79.1 Å². The normalized spacial score (nSPS) is 21.4. The average molecular weight is 179 g/mol. The third-order valence-electron chi connectivity index (χ3n) is 2.79. The molecule has 13 heavy (non-hydrogen) atoms. The van der Waals surface area contributed by atoms with Crippen molar-refractivity contribution >= 4 is 5.82 Å². The summed E-state index contributed by atoms with van der Waals surface area (Å²) in [5.74, 6) is 1.88. The molecule has 2 rings (SSSR count). The first-order valence-corrected chi connectivity index (χ1v) is 4.98. The Morgan fingerprint density at radius 3 is 3.08 bits per heavy atom. The van der Waals surface area contributed by atoms with Gasteiger partial charge in [0, 0.05) is 12.1 Å². The summed E-state index contributed by atoms with van der Waals surface area (Å²) in [6, 6.07) is 0.574. The molecule has 1 aliphatic heterocycles. The van der Waals surface area contributed by atoms with Crippen LogP contribution < -0.4 is 5.32 Å². The molecular formula is C10H17N3. The highest BCUT2D eigenvalue weighted by Crippen LogP contribution is 2.30. The lowest BCUT2D eigenvalue weighted by atomic mass is 10.00. The summed E-state index contributed by atoms with van der Waals surface area (Å²) in [6.45, 7) is 7.71. The van der Waals surface area contributed by atoms with Crippen molar-refractivity contribution in [3.63, 3.8) is 0 Å². The Hall–Kier alpha value is -0.990. The zero-order valence-electron chi connectivity index (χ0n) is 8.54. The van der Waals surface area contributed by atoms with E-state index in [-0.39, 0.29) is 0 Å². The molecule has 0 aromatic carbocycles. The minimum atomic E-state index is 0.574. The molecule has 72 valence electrons. The van der Waals surface area contributed by atoms with Crippen molar-refractivity contribution in [3.8, 4) is 0 Å². The molecule has 1 aromatic rings. The third kappa shape index (κ3) is 1.32. The fourth-order valence-electron chi connectivity index (χ4n) is 2.00. The maximum absolute atomic E-state index is 4.41. The number of fused-ring (bicyclic) bond motifs is 1. The summed E-state index contributed by atoms with van der Waals surface area (Å²) in [5, 5.41) is 7.81. The molecule has 1 atom stereocenters. The number of aromatic nitrogens is 2. The minimum Gasteiger partial charge on any atom is -0.370 e. The van der Waals surface area contributed by atoms with Crippen LogP contribution in [0.15, 0.2) is 6.20 Å². The topological polar surface area (TPSA) is 29.9 Å². The first-order valence-electron chi connectivity index (χ1n) is 4.98. The molecule has 0 aliphatic carbocycles. The van der Waals surface area contributed by atoms with E-state index in [4.69, 9.17) is 0 Å². The molecule has 3 heteroatoms. The van der Waals surface area contributed by atoms with Crippen LogP contribution in [0.4, 0.5) is 5.82 Å². The van der Waals surface area contributed by atoms with Crippen LogP contribution in [0, 0.1) is 12.8 Å². The molecule has 0 radical (unpaired) electrons. The molecule has 1 aliphatic rings. The van der Waals surface area contributed by atoms with E-state index in [9.17, 15) is 0 Å². The van der Waals surface area contributed by atoms with Gasteiger partial charge in [-0.05, 0) is 19.3 Å². The first kappa shape index (κ1) is 8.60. The summed E-state index contributed by atoms with van der Waals surface area (Å²) < 4.78 is 2.14. The lowest BCUT2D eigenvalue weighted by molar-refractivity contribution is 0.323. The number of rotatable bonds is 1. The second kappa shape index (κ2) is 3.05. The fraction of sp³-hybridized carbons (Fsp3) is 0.700. The summed E-state index contributed by atoms with van der Waals surface area (Å²) in [4.78, 5) is 0. The van der Waals surface area contributed by atoms with Crippen LogP contribution in [0.1, 0.15) is 31.9 Å². The Bertz CT molecular complexity index is 301. The van der Waals surface area contributed by atoms with Crippen molar-refractivity contribution in [1.29, 1.82) is 0 Å². The van der Waals surface area contributed by atoms with E-state index in [0.29, 0.717) is 12.0 Å². The van der Waals surface area contributed by atoms with E-state index < -0.39 is 0 Å². The van der Waals surface area contributed by atoms with E-state index in [2.05, 4.69) is 35.9 Å². The maximum atomic E-state index is 4.41. The van der Waals surface area contributed by atoms with Gasteiger partial charge in [0.2, 0.25) is 0 Å². The standard InChI is InChI=1S/C10H17N3/c1-7(2)9-4-5-11-10-8(3)6-12-13(9)10/h6-7,9,11H,4-5H2,1-3H3. The molecule has 0 saturated carbocycles. The SMILES string of the molecule is Cc1cnn2c1NCCC2C(C)C. The highest BCUT2D eigenvalue weighted by atomic mass is 15.4. The largest absolute Gasteiger partial charge is 0.370 e. The lowest BCUT2D eigenvalue weighted by Crippen LogP contribution is -2.27. The first-order chi connectivity index (χ1) is 6.20. The highest BCUT2D eigenvalue weighted by Gasteiger charge is 2.23. The van der Waals surface area contributed by atoms with E-state index in [0.717, 1.165) is 6.54 Å². The van der Waals surface area contributed by atoms with Gasteiger partial charge in [-0.15, -0.1) is 0 Å². The fourth-order valence-corrected chi connectivity index (χ4v) is 2.00. The quantitative estimate of drug-likeness (QED) is 0.716. The Morgan fingerprint density at radius 1 is 1.62 bits per heavy atom. The number of aryl methyl sites for hydroxylation is 1. The Balaban J connectivity index is 2.38. The predicted molar refractivity (Wildman–Crippen MR) is 53.9 cm³/mol. The van der Waals surface area contributed by atoms with Gasteiger partial charge in [-0.25, -0.2) is 4.68 Å². The van der Waals surface area contributed by atoms with Crippen molar-refractivity contribution in [2.45, 2.75) is 33.2 Å². The Morgan fingerprint density at radius 2 is 2.38 bits per heavy atom. The minimum absolute atomic E-state index is 0.574. The van der Waals surface area contributed by atoms with Gasteiger partial charge in [0.1, 0.15) is 5.82 Å². The zero-order chi connectivity index (χ0) is 9.42. The summed E-state index contributed by atoms with van der Waals surface area (Å²) in [5.41, 5.74) is 1.25. The number of nitrogens with one attached hydrogen (secondary N) is 1. The second-order valence-corrected chi connectivity index (χ2v) is 4.15. The molecular weight excluding hydrogens is 162 g/mol. The van der Waals surface area contributed by atoms with Gasteiger partial charge < -0.3 is 5.32 Å². The van der Waals surface area contributed by atoms with E-state index in [1.54, 1.807) is 0 Å². The zero-order valence-corrected chi connectivity index (χ0v) is 8.54. The van der Waals surface area contributed by atoms with Crippen molar-refractivity contribution < 1.29 is 0 Å². The van der Waals surface area contributed by atoms with Crippen LogP contribution in [-0.2, 0) is 0 Å². The summed E-state index contributed by atoms with van der Waals surface area (Å²) in [7, 11) is 0. The predicted octanol–water partition coefficient (Wildman–Crippen LogP) is 2.20. The van der Waals surface area contributed by atoms with E-state index in [1.165, 1.54) is 17.8 Å². The number of hydrogen-bond donors (Lipinski definition) is 1. The molecule has 0 bridgehead atoms. The lowest BCUT2D eigenvalue weighted by Gasteiger charge is -2.28. The molecule has 1 aromatic heterocycles. The maximum Gasteiger partial charge on any atom is 0.127 e. The van der Waals surface area contributed by atoms with Crippen LogP contribution in [0.3, 0.4) is 0 Å². The van der Waals surface area contributed by atoms with Gasteiger partial charge in [-0.2, -0.15) is 5.10 Å². The van der Waals surface area contributed by atoms with Crippen molar-refractivity contribution in [3.05, 3.63) is 11.8 Å². The Kier molecular flexibility index (Phi) is 2.02. The van der Waals surface area contributed by atoms with Crippen LogP contribution in [0.5, 0.6) is 0 Å². The molecule has 0 saturated heterocycles. The smallest absolute Gasteiger partial charge is 0.127 e. The van der Waals surface area contributed by atoms with Gasteiger partial charge in [-0.1, -0.05) is 13.8 Å². The van der Waals surface area contributed by atoms with Crippen molar-refractivity contribution in [2.75, 3.05) is 11.9 Å². The van der Waals surface area contributed by atoms with Gasteiger partial charge in [0.05, 0.1) is 12.2 Å². The summed E-state index contributed by atoms with van der Waals surface area (Å²) in [6.07, 6.45) is 3.13. The number of anilines is 1. The van der Waals surface area contributed by atoms with Gasteiger partial charge in [0.15, 0.2) is 0 Å². The van der Waals surface area contributed by atoms with E-state index >= 15 is 0 Å². The van der Waals surface area contributed by atoms with Crippen molar-refractivity contribution in [2.24, 2.45) is 5.92 Å². The van der Waals surface area contributed by atoms with E-state index in [1.807, 2.05) is 6.20 Å². The van der Waals surface area contributed by atoms with Crippen LogP contribution >= 0.6 is 0 Å². The molecule has 0 amide bonds. The molecule has 2 heterocycles. The summed E-state index contributed by atoms with van der Waals surface area (Å²) >= 11 is 0. The van der Waals surface area contributed by atoms with Gasteiger partial charge >= 0.3 is 0 Å². The highest BCUT2D eigenvalue weighted by molar-refractivity contribution is 5.44. The number of nitrogens with zero attached hydrogens (tertiary/aromatic N) is 2. The van der Waals surface area contributed by atoms with Crippen LogP contribution in [0.2, 0.25) is 0 Å². The van der Waals surface area contributed by atoms with Crippen molar-refractivity contribution in [1.82, 2.24) is 9.78 Å². The monoisotopic (exact) mass is 179 g/mol. The second-order valence-electron chi connectivity index (χ2n) is 4.15. The average Bonchev–Trinajstić information content (AvgIpc) is 2.48. The molecule has 1 N–H and O–H groups in total. The van der Waals surface area contributed by atoms with Gasteiger partial charge in [0.25, 0.3) is 0 Å².